The maximum absolute atomic E-state index is 11.5. The molecule has 2 bridgehead atoms. The average molecular weight is 199 g/mol. The largest absolute Gasteiger partial charge is 0.272 e. The van der Waals surface area contributed by atoms with Crippen molar-refractivity contribution in [3.05, 3.63) is 0 Å². The van der Waals surface area contributed by atoms with Gasteiger partial charge in [0.05, 0.1) is 18.1 Å². The Morgan fingerprint density at radius 1 is 1.38 bits per heavy atom. The van der Waals surface area contributed by atoms with Crippen molar-refractivity contribution >= 4 is 10.1 Å². The molecule has 5 atom stereocenters. The second-order valence-electron chi connectivity index (χ2n) is 4.14. The van der Waals surface area contributed by atoms with Gasteiger partial charge >= 0.3 is 0 Å². The lowest BCUT2D eigenvalue weighted by atomic mass is 9.88. The van der Waals surface area contributed by atoms with Gasteiger partial charge in [0.15, 0.2) is 0 Å². The number of hydrogen-bond acceptors (Lipinski definition) is 4. The molecule has 1 heterocycles. The number of rotatable bonds is 0. The lowest BCUT2D eigenvalue weighted by Crippen LogP contribution is -2.30. The molecule has 5 unspecified atom stereocenters. The van der Waals surface area contributed by atoms with E-state index in [1.54, 1.807) is 0 Å². The van der Waals surface area contributed by atoms with Gasteiger partial charge in [0.25, 0.3) is 10.1 Å². The summed E-state index contributed by atoms with van der Waals surface area (Å²) in [6, 6.07) is 2.12. The quantitative estimate of drug-likeness (QED) is 0.525. The monoisotopic (exact) mass is 199 g/mol. The van der Waals surface area contributed by atoms with Crippen molar-refractivity contribution in [2.24, 2.45) is 17.8 Å². The summed E-state index contributed by atoms with van der Waals surface area (Å²) in [5, 5.41) is 8.36. The molecular weight excluding hydrogens is 190 g/mol. The molecule has 1 aliphatic heterocycles. The van der Waals surface area contributed by atoms with Crippen molar-refractivity contribution in [1.82, 2.24) is 0 Å². The molecule has 13 heavy (non-hydrogen) atoms. The first-order chi connectivity index (χ1) is 6.13. The molecule has 3 aliphatic rings. The maximum atomic E-state index is 11.5. The number of nitrogens with zero attached hydrogens (tertiary/aromatic N) is 1. The predicted octanol–water partition coefficient (Wildman–Crippen LogP) is 0.263. The standard InChI is InChI=1S/C8H9NO3S/c9-3-6-4-1-5-7(2-4)12-13(10,11)8(5)6/h4-8H,1-2H2. The summed E-state index contributed by atoms with van der Waals surface area (Å²) in [7, 11) is -3.42. The van der Waals surface area contributed by atoms with Crippen LogP contribution in [-0.2, 0) is 14.3 Å². The molecular formula is C8H9NO3S. The molecule has 0 N–H and O–H groups in total. The van der Waals surface area contributed by atoms with Gasteiger partial charge in [0.2, 0.25) is 0 Å². The molecule has 5 heteroatoms. The van der Waals surface area contributed by atoms with Crippen molar-refractivity contribution in [3.63, 3.8) is 0 Å². The third kappa shape index (κ3) is 0.760. The summed E-state index contributed by atoms with van der Waals surface area (Å²) in [4.78, 5) is 0. The molecule has 0 aromatic heterocycles. The van der Waals surface area contributed by atoms with Crippen LogP contribution in [0.4, 0.5) is 0 Å². The average Bonchev–Trinajstić information content (AvgIpc) is 2.60. The predicted molar refractivity (Wildman–Crippen MR) is 42.9 cm³/mol. The van der Waals surface area contributed by atoms with Crippen LogP contribution in [0.2, 0.25) is 0 Å². The van der Waals surface area contributed by atoms with Crippen LogP contribution in [-0.4, -0.2) is 19.8 Å². The van der Waals surface area contributed by atoms with Crippen LogP contribution in [0, 0.1) is 29.1 Å². The number of fused-ring (bicyclic) bond motifs is 1. The van der Waals surface area contributed by atoms with Gasteiger partial charge in [-0.3, -0.25) is 4.18 Å². The van der Waals surface area contributed by atoms with Gasteiger partial charge in [-0.15, -0.1) is 0 Å². The van der Waals surface area contributed by atoms with E-state index in [2.05, 4.69) is 6.07 Å². The molecule has 0 amide bonds. The molecule has 70 valence electrons. The maximum Gasteiger partial charge on any atom is 0.272 e. The fourth-order valence-electron chi connectivity index (χ4n) is 3.16. The summed E-state index contributed by atoms with van der Waals surface area (Å²) >= 11 is 0. The summed E-state index contributed by atoms with van der Waals surface area (Å²) in [5.74, 6) is 0.0654. The van der Waals surface area contributed by atoms with Gasteiger partial charge in [0, 0.05) is 5.92 Å². The fraction of sp³-hybridized carbons (Fsp3) is 0.875. The van der Waals surface area contributed by atoms with Crippen LogP contribution >= 0.6 is 0 Å². The normalized spacial score (nSPS) is 55.2. The van der Waals surface area contributed by atoms with E-state index < -0.39 is 15.4 Å². The molecule has 4 nitrogen and oxygen atoms in total. The summed E-state index contributed by atoms with van der Waals surface area (Å²) < 4.78 is 27.9. The summed E-state index contributed by atoms with van der Waals surface area (Å²) in [6.45, 7) is 0. The van der Waals surface area contributed by atoms with E-state index in [0.29, 0.717) is 0 Å². The van der Waals surface area contributed by atoms with Gasteiger partial charge in [-0.25, -0.2) is 0 Å². The fourth-order valence-corrected chi connectivity index (χ4v) is 5.21. The lowest BCUT2D eigenvalue weighted by molar-refractivity contribution is 0.188. The first-order valence-corrected chi connectivity index (χ1v) is 5.92. The van der Waals surface area contributed by atoms with Crippen molar-refractivity contribution in [2.75, 3.05) is 0 Å². The van der Waals surface area contributed by atoms with Crippen LogP contribution in [0.5, 0.6) is 0 Å². The zero-order valence-corrected chi connectivity index (χ0v) is 7.70. The SMILES string of the molecule is N#CC1C2CC3OS(=O)(=O)C1C3C2. The number of nitriles is 1. The Kier molecular flexibility index (Phi) is 1.24. The van der Waals surface area contributed by atoms with Crippen LogP contribution in [0.25, 0.3) is 0 Å². The minimum Gasteiger partial charge on any atom is -0.266 e. The Morgan fingerprint density at radius 3 is 2.85 bits per heavy atom. The molecule has 3 fully saturated rings. The Labute approximate surface area is 76.6 Å². The Hall–Kier alpha value is -0.600. The first-order valence-electron chi connectivity index (χ1n) is 4.45. The van der Waals surface area contributed by atoms with Crippen molar-refractivity contribution in [3.8, 4) is 6.07 Å². The van der Waals surface area contributed by atoms with Gasteiger partial charge in [-0.2, -0.15) is 13.7 Å². The highest BCUT2D eigenvalue weighted by molar-refractivity contribution is 7.87. The highest BCUT2D eigenvalue weighted by Gasteiger charge is 2.64. The van der Waals surface area contributed by atoms with Gasteiger partial charge in [0.1, 0.15) is 5.25 Å². The van der Waals surface area contributed by atoms with Gasteiger partial charge < -0.3 is 0 Å². The zero-order chi connectivity index (χ0) is 9.22. The summed E-state index contributed by atoms with van der Waals surface area (Å²) in [6.07, 6.45) is 1.52. The molecule has 0 aromatic carbocycles. The van der Waals surface area contributed by atoms with Gasteiger partial charge in [-0.05, 0) is 18.8 Å². The molecule has 0 radical (unpaired) electrons. The second kappa shape index (κ2) is 2.07. The van der Waals surface area contributed by atoms with Gasteiger partial charge in [-0.1, -0.05) is 0 Å². The van der Waals surface area contributed by atoms with E-state index in [0.717, 1.165) is 12.8 Å². The van der Waals surface area contributed by atoms with E-state index in [-0.39, 0.29) is 23.9 Å². The molecule has 1 saturated heterocycles. The smallest absolute Gasteiger partial charge is 0.266 e. The lowest BCUT2D eigenvalue weighted by Gasteiger charge is -2.17. The Bertz CT molecular complexity index is 394. The van der Waals surface area contributed by atoms with Crippen molar-refractivity contribution in [2.45, 2.75) is 24.2 Å². The molecule has 2 saturated carbocycles. The van der Waals surface area contributed by atoms with Crippen LogP contribution in [0.15, 0.2) is 0 Å². The second-order valence-corrected chi connectivity index (χ2v) is 5.86. The highest BCUT2D eigenvalue weighted by atomic mass is 32.2. The minimum absolute atomic E-state index is 0.107. The Morgan fingerprint density at radius 2 is 2.15 bits per heavy atom. The van der Waals surface area contributed by atoms with Crippen LogP contribution < -0.4 is 0 Å². The molecule has 3 rings (SSSR count). The molecule has 2 aliphatic carbocycles. The highest BCUT2D eigenvalue weighted by Crippen LogP contribution is 2.57. The molecule has 0 spiro atoms. The first kappa shape index (κ1) is 7.77. The third-order valence-corrected chi connectivity index (χ3v) is 5.44. The third-order valence-electron chi connectivity index (χ3n) is 3.61. The topological polar surface area (TPSA) is 67.2 Å². The van der Waals surface area contributed by atoms with E-state index in [4.69, 9.17) is 9.44 Å². The van der Waals surface area contributed by atoms with Crippen molar-refractivity contribution < 1.29 is 12.6 Å². The summed E-state index contributed by atoms with van der Waals surface area (Å²) in [5.41, 5.74) is 0. The Balaban J connectivity index is 2.14. The minimum atomic E-state index is -3.42. The van der Waals surface area contributed by atoms with E-state index in [1.807, 2.05) is 0 Å². The molecule has 0 aromatic rings. The van der Waals surface area contributed by atoms with Crippen LogP contribution in [0.3, 0.4) is 0 Å². The number of hydrogen-bond donors (Lipinski definition) is 0. The van der Waals surface area contributed by atoms with E-state index in [1.165, 1.54) is 0 Å². The van der Waals surface area contributed by atoms with Crippen LogP contribution in [0.1, 0.15) is 12.8 Å². The van der Waals surface area contributed by atoms with E-state index >= 15 is 0 Å². The zero-order valence-electron chi connectivity index (χ0n) is 6.88. The van der Waals surface area contributed by atoms with E-state index in [9.17, 15) is 8.42 Å². The van der Waals surface area contributed by atoms with Crippen molar-refractivity contribution in [1.29, 1.82) is 5.26 Å².